The summed E-state index contributed by atoms with van der Waals surface area (Å²) < 4.78 is 0.665. The average Bonchev–Trinajstić information content (AvgIpc) is 2.92. The topological polar surface area (TPSA) is 142 Å². The van der Waals surface area contributed by atoms with Gasteiger partial charge in [-0.3, -0.25) is 19.7 Å². The van der Waals surface area contributed by atoms with E-state index in [2.05, 4.69) is 26.6 Å². The van der Waals surface area contributed by atoms with E-state index in [0.717, 1.165) is 0 Å². The van der Waals surface area contributed by atoms with Crippen molar-refractivity contribution in [2.45, 2.75) is 0 Å². The van der Waals surface area contributed by atoms with E-state index < -0.39 is 29.3 Å². The molecule has 0 unspecified atom stereocenters. The van der Waals surface area contributed by atoms with E-state index >= 15 is 0 Å². The number of imide groups is 1. The number of hydrogen-bond donors (Lipinski definition) is 3. The lowest BCUT2D eigenvalue weighted by atomic mass is 10.1. The molecule has 0 aromatic heterocycles. The molecular formula is C18H13BrN4O6. The molecule has 148 valence electrons. The molecule has 1 fully saturated rings. The maximum atomic E-state index is 12.5. The Hall–Kier alpha value is -3.73. The van der Waals surface area contributed by atoms with Gasteiger partial charge in [-0.25, -0.2) is 9.69 Å². The summed E-state index contributed by atoms with van der Waals surface area (Å²) in [5.74, 6) is -1.47. The van der Waals surface area contributed by atoms with Crippen molar-refractivity contribution in [2.24, 2.45) is 0 Å². The van der Waals surface area contributed by atoms with Gasteiger partial charge in [0.15, 0.2) is 0 Å². The highest BCUT2D eigenvalue weighted by molar-refractivity contribution is 9.10. The molecule has 0 atom stereocenters. The number of rotatable bonds is 5. The molecule has 10 nitrogen and oxygen atoms in total. The average molecular weight is 461 g/mol. The minimum Gasteiger partial charge on any atom is -0.507 e. The fraction of sp³-hybridized carbons (Fsp3) is 0.0556. The summed E-state index contributed by atoms with van der Waals surface area (Å²) in [6, 6.07) is 8.92. The van der Waals surface area contributed by atoms with Crippen LogP contribution in [0.3, 0.4) is 0 Å². The quantitative estimate of drug-likeness (QED) is 0.271. The van der Waals surface area contributed by atoms with Gasteiger partial charge >= 0.3 is 6.03 Å². The lowest BCUT2D eigenvalue weighted by Gasteiger charge is -2.11. The number of hydrogen-bond acceptors (Lipinski definition) is 6. The lowest BCUT2D eigenvalue weighted by molar-refractivity contribution is -0.384. The Kier molecular flexibility index (Phi) is 5.59. The van der Waals surface area contributed by atoms with Crippen molar-refractivity contribution in [1.82, 2.24) is 10.2 Å². The third-order valence-electron chi connectivity index (χ3n) is 3.92. The number of non-ortho nitro benzene ring substituents is 1. The molecule has 2 aromatic carbocycles. The zero-order valence-electron chi connectivity index (χ0n) is 14.6. The molecular weight excluding hydrogens is 448 g/mol. The van der Waals surface area contributed by atoms with Crippen molar-refractivity contribution in [3.8, 4) is 5.75 Å². The maximum absolute atomic E-state index is 12.5. The van der Waals surface area contributed by atoms with E-state index in [1.807, 2.05) is 0 Å². The molecule has 0 aliphatic carbocycles. The number of anilines is 1. The molecule has 0 radical (unpaired) electrons. The maximum Gasteiger partial charge on any atom is 0.329 e. The monoisotopic (exact) mass is 460 g/mol. The van der Waals surface area contributed by atoms with Gasteiger partial charge in [-0.05, 0) is 36.4 Å². The number of phenols is 1. The van der Waals surface area contributed by atoms with Crippen LogP contribution < -0.4 is 10.6 Å². The van der Waals surface area contributed by atoms with E-state index in [0.29, 0.717) is 14.9 Å². The first kappa shape index (κ1) is 20.0. The van der Waals surface area contributed by atoms with Crippen LogP contribution in [-0.2, 0) is 9.59 Å². The van der Waals surface area contributed by atoms with Crippen LogP contribution in [0.25, 0.3) is 6.08 Å². The molecule has 0 bridgehead atoms. The fourth-order valence-corrected chi connectivity index (χ4v) is 2.90. The minimum atomic E-state index is -0.783. The van der Waals surface area contributed by atoms with Crippen LogP contribution in [0.5, 0.6) is 5.75 Å². The first-order valence-corrected chi connectivity index (χ1v) is 8.91. The number of nitrogens with zero attached hydrogens (tertiary/aromatic N) is 2. The number of phenolic OH excluding ortho intramolecular Hbond substituents is 1. The van der Waals surface area contributed by atoms with Crippen LogP contribution in [0, 0.1) is 10.1 Å². The first-order valence-electron chi connectivity index (χ1n) is 8.12. The number of nitro benzene ring substituents is 1. The number of aromatic hydroxyl groups is 1. The van der Waals surface area contributed by atoms with E-state index in [1.165, 1.54) is 36.4 Å². The molecule has 3 N–H and O–H groups in total. The highest BCUT2D eigenvalue weighted by Gasteiger charge is 2.35. The van der Waals surface area contributed by atoms with Gasteiger partial charge in [0.05, 0.1) is 4.92 Å². The second-order valence-corrected chi connectivity index (χ2v) is 6.85. The normalized spacial score (nSPS) is 14.8. The van der Waals surface area contributed by atoms with E-state index in [-0.39, 0.29) is 22.8 Å². The number of nitro groups is 1. The predicted molar refractivity (Wildman–Crippen MR) is 106 cm³/mol. The van der Waals surface area contributed by atoms with Crippen molar-refractivity contribution in [2.75, 3.05) is 11.9 Å². The second kappa shape index (κ2) is 8.10. The van der Waals surface area contributed by atoms with Gasteiger partial charge < -0.3 is 15.7 Å². The Morgan fingerprint density at radius 1 is 1.24 bits per heavy atom. The van der Waals surface area contributed by atoms with Gasteiger partial charge in [0.1, 0.15) is 18.0 Å². The summed E-state index contributed by atoms with van der Waals surface area (Å²) >= 11 is 3.25. The number of nitrogens with one attached hydrogen (secondary N) is 2. The van der Waals surface area contributed by atoms with Crippen molar-refractivity contribution < 1.29 is 24.4 Å². The molecule has 2 aromatic rings. The first-order chi connectivity index (χ1) is 13.7. The molecule has 1 aliphatic heterocycles. The zero-order valence-corrected chi connectivity index (χ0v) is 16.2. The number of amides is 4. The molecule has 1 heterocycles. The Morgan fingerprint density at radius 3 is 2.59 bits per heavy atom. The summed E-state index contributed by atoms with van der Waals surface area (Å²) in [5.41, 5.74) is 0.358. The van der Waals surface area contributed by atoms with Crippen LogP contribution in [0.4, 0.5) is 16.2 Å². The van der Waals surface area contributed by atoms with Crippen molar-refractivity contribution in [1.29, 1.82) is 0 Å². The standard InChI is InChI=1S/C18H13BrN4O6/c19-11-1-6-15(24)10(7-11)8-14-17(26)22(18(27)21-14)9-16(25)20-12-2-4-13(5-3-12)23(28)29/h1-8,24H,9H2,(H,20,25)(H,21,27)/b14-8-. The largest absolute Gasteiger partial charge is 0.507 e. The number of benzene rings is 2. The summed E-state index contributed by atoms with van der Waals surface area (Å²) in [7, 11) is 0. The lowest BCUT2D eigenvalue weighted by Crippen LogP contribution is -2.38. The van der Waals surface area contributed by atoms with Crippen molar-refractivity contribution in [3.63, 3.8) is 0 Å². The molecule has 3 rings (SSSR count). The molecule has 29 heavy (non-hydrogen) atoms. The van der Waals surface area contributed by atoms with Gasteiger partial charge in [0.25, 0.3) is 11.6 Å². The summed E-state index contributed by atoms with van der Waals surface area (Å²) in [4.78, 5) is 47.5. The van der Waals surface area contributed by atoms with Crippen LogP contribution in [0.1, 0.15) is 5.56 Å². The Bertz CT molecular complexity index is 1050. The smallest absolute Gasteiger partial charge is 0.329 e. The Morgan fingerprint density at radius 2 is 1.93 bits per heavy atom. The van der Waals surface area contributed by atoms with Crippen molar-refractivity contribution in [3.05, 3.63) is 68.3 Å². The van der Waals surface area contributed by atoms with Gasteiger partial charge in [0, 0.05) is 27.9 Å². The fourth-order valence-electron chi connectivity index (χ4n) is 2.52. The third-order valence-corrected chi connectivity index (χ3v) is 4.41. The van der Waals surface area contributed by atoms with Gasteiger partial charge in [-0.2, -0.15) is 0 Å². The molecule has 4 amide bonds. The van der Waals surface area contributed by atoms with E-state index in [1.54, 1.807) is 12.1 Å². The molecule has 1 saturated heterocycles. The Balaban J connectivity index is 1.69. The molecule has 0 spiro atoms. The molecule has 11 heteroatoms. The number of halogens is 1. The molecule has 1 aliphatic rings. The van der Waals surface area contributed by atoms with Crippen LogP contribution in [0.2, 0.25) is 0 Å². The van der Waals surface area contributed by atoms with E-state index in [9.17, 15) is 29.6 Å². The van der Waals surface area contributed by atoms with Gasteiger partial charge in [-0.15, -0.1) is 0 Å². The SMILES string of the molecule is O=C(CN1C(=O)N/C(=C\c2cc(Br)ccc2O)C1=O)Nc1ccc([N+](=O)[O-])cc1. The number of carbonyl (C=O) groups excluding carboxylic acids is 3. The van der Waals surface area contributed by atoms with Crippen LogP contribution in [0.15, 0.2) is 52.6 Å². The summed E-state index contributed by atoms with van der Waals surface area (Å²) in [5, 5.41) is 25.3. The second-order valence-electron chi connectivity index (χ2n) is 5.93. The Labute approximate surface area is 172 Å². The third kappa shape index (κ3) is 4.58. The predicted octanol–water partition coefficient (Wildman–Crippen LogP) is 2.59. The van der Waals surface area contributed by atoms with Crippen LogP contribution in [-0.4, -0.2) is 39.3 Å². The molecule has 0 saturated carbocycles. The summed E-state index contributed by atoms with van der Waals surface area (Å²) in [6.07, 6.45) is 1.30. The van der Waals surface area contributed by atoms with Gasteiger partial charge in [-0.1, -0.05) is 15.9 Å². The highest BCUT2D eigenvalue weighted by atomic mass is 79.9. The summed E-state index contributed by atoms with van der Waals surface area (Å²) in [6.45, 7) is -0.552. The zero-order chi connectivity index (χ0) is 21.1. The van der Waals surface area contributed by atoms with Gasteiger partial charge in [0.2, 0.25) is 5.91 Å². The van der Waals surface area contributed by atoms with Crippen molar-refractivity contribution >= 4 is 51.2 Å². The minimum absolute atomic E-state index is 0.0860. The van der Waals surface area contributed by atoms with E-state index in [4.69, 9.17) is 0 Å². The highest BCUT2D eigenvalue weighted by Crippen LogP contribution is 2.25. The van der Waals surface area contributed by atoms with Crippen LogP contribution >= 0.6 is 15.9 Å². The number of carbonyl (C=O) groups is 3. The number of urea groups is 1.